The molecule has 0 aliphatic rings. The van der Waals surface area contributed by atoms with Gasteiger partial charge in [-0.15, -0.1) is 0 Å². The fourth-order valence-electron chi connectivity index (χ4n) is 3.68. The third-order valence-corrected chi connectivity index (χ3v) is 5.19. The lowest BCUT2D eigenvalue weighted by Gasteiger charge is -2.37. The standard InChI is InChI=1S/C27H38N2O5/c1-8-22(18-20-14-16-23(17-15-20)29(31)32)28(25(30)34-27(5,6)7)19-24(33-26(2,3)4)21-12-10-9-11-13-21/h9-17,22,24H,8,18-19H2,1-7H3. The van der Waals surface area contributed by atoms with E-state index in [2.05, 4.69) is 0 Å². The fraction of sp³-hybridized carbons (Fsp3) is 0.519. The number of amides is 1. The number of non-ortho nitro benzene ring substituents is 1. The quantitative estimate of drug-likeness (QED) is 0.300. The number of carbonyl (C=O) groups excluding carboxylic acids is 1. The van der Waals surface area contributed by atoms with Crippen molar-refractivity contribution in [1.82, 2.24) is 4.90 Å². The first kappa shape index (κ1) is 27.3. The molecule has 0 spiro atoms. The minimum Gasteiger partial charge on any atom is -0.444 e. The van der Waals surface area contributed by atoms with Crippen molar-refractivity contribution in [2.24, 2.45) is 0 Å². The molecule has 0 radical (unpaired) electrons. The number of ether oxygens (including phenoxy) is 2. The van der Waals surface area contributed by atoms with Crippen LogP contribution in [0.2, 0.25) is 0 Å². The van der Waals surface area contributed by atoms with E-state index in [4.69, 9.17) is 9.47 Å². The average Bonchev–Trinajstić information content (AvgIpc) is 2.74. The number of carbonyl (C=O) groups is 1. The molecule has 0 saturated heterocycles. The molecule has 1 amide bonds. The number of hydrogen-bond acceptors (Lipinski definition) is 5. The maximum absolute atomic E-state index is 13.4. The Kier molecular flexibility index (Phi) is 9.21. The summed E-state index contributed by atoms with van der Waals surface area (Å²) in [6.45, 7) is 13.9. The maximum Gasteiger partial charge on any atom is 0.410 e. The zero-order valence-corrected chi connectivity index (χ0v) is 21.4. The van der Waals surface area contributed by atoms with Gasteiger partial charge in [0.1, 0.15) is 11.7 Å². The normalized spacial score (nSPS) is 13.7. The third-order valence-electron chi connectivity index (χ3n) is 5.19. The Morgan fingerprint density at radius 1 is 0.971 bits per heavy atom. The highest BCUT2D eigenvalue weighted by atomic mass is 16.6. The van der Waals surface area contributed by atoms with Crippen molar-refractivity contribution in [1.29, 1.82) is 0 Å². The summed E-state index contributed by atoms with van der Waals surface area (Å²) in [5, 5.41) is 11.0. The highest BCUT2D eigenvalue weighted by Gasteiger charge is 2.32. The molecule has 2 rings (SSSR count). The van der Waals surface area contributed by atoms with E-state index in [1.54, 1.807) is 17.0 Å². The molecule has 2 aromatic carbocycles. The van der Waals surface area contributed by atoms with Gasteiger partial charge >= 0.3 is 6.09 Å². The van der Waals surface area contributed by atoms with Crippen LogP contribution in [0.1, 0.15) is 72.1 Å². The summed E-state index contributed by atoms with van der Waals surface area (Å²) in [5.41, 5.74) is 0.882. The molecule has 0 fully saturated rings. The van der Waals surface area contributed by atoms with Gasteiger partial charge in [-0.1, -0.05) is 49.4 Å². The van der Waals surface area contributed by atoms with Gasteiger partial charge < -0.3 is 14.4 Å². The molecule has 0 saturated carbocycles. The summed E-state index contributed by atoms with van der Waals surface area (Å²) < 4.78 is 12.2. The summed E-state index contributed by atoms with van der Waals surface area (Å²) in [6.07, 6.45) is 0.484. The van der Waals surface area contributed by atoms with Gasteiger partial charge in [-0.05, 0) is 65.5 Å². The first-order chi connectivity index (χ1) is 15.8. The molecule has 7 nitrogen and oxygen atoms in total. The minimum absolute atomic E-state index is 0.0449. The van der Waals surface area contributed by atoms with Crippen LogP contribution in [0, 0.1) is 10.1 Å². The number of nitro benzene ring substituents is 1. The summed E-state index contributed by atoms with van der Waals surface area (Å²) in [5.74, 6) is 0. The van der Waals surface area contributed by atoms with Crippen molar-refractivity contribution in [3.05, 3.63) is 75.8 Å². The van der Waals surface area contributed by atoms with Crippen LogP contribution in [0.5, 0.6) is 0 Å². The Balaban J connectivity index is 2.38. The largest absolute Gasteiger partial charge is 0.444 e. The molecule has 7 heteroatoms. The van der Waals surface area contributed by atoms with Crippen molar-refractivity contribution in [3.63, 3.8) is 0 Å². The number of rotatable bonds is 9. The van der Waals surface area contributed by atoms with E-state index in [-0.39, 0.29) is 17.8 Å². The van der Waals surface area contributed by atoms with Crippen molar-refractivity contribution in [2.45, 2.75) is 84.7 Å². The molecule has 186 valence electrons. The van der Waals surface area contributed by atoms with Crippen LogP contribution in [0.25, 0.3) is 0 Å². The second-order valence-electron chi connectivity index (χ2n) is 10.5. The van der Waals surface area contributed by atoms with Gasteiger partial charge in [0.05, 0.1) is 17.1 Å². The summed E-state index contributed by atoms with van der Waals surface area (Å²) >= 11 is 0. The van der Waals surface area contributed by atoms with Crippen molar-refractivity contribution in [3.8, 4) is 0 Å². The second-order valence-corrected chi connectivity index (χ2v) is 10.5. The van der Waals surface area contributed by atoms with E-state index in [1.807, 2.05) is 78.8 Å². The number of benzene rings is 2. The molecule has 0 bridgehead atoms. The Morgan fingerprint density at radius 2 is 1.56 bits per heavy atom. The molecular weight excluding hydrogens is 432 g/mol. The van der Waals surface area contributed by atoms with Crippen molar-refractivity contribution in [2.75, 3.05) is 6.54 Å². The van der Waals surface area contributed by atoms with Crippen LogP contribution in [0.3, 0.4) is 0 Å². The van der Waals surface area contributed by atoms with Crippen LogP contribution in [-0.2, 0) is 15.9 Å². The lowest BCUT2D eigenvalue weighted by atomic mass is 10.0. The fourth-order valence-corrected chi connectivity index (χ4v) is 3.68. The van der Waals surface area contributed by atoms with Crippen LogP contribution in [0.4, 0.5) is 10.5 Å². The van der Waals surface area contributed by atoms with Crippen LogP contribution in [-0.4, -0.2) is 39.7 Å². The third kappa shape index (κ3) is 8.78. The highest BCUT2D eigenvalue weighted by Crippen LogP contribution is 2.28. The SMILES string of the molecule is CCC(Cc1ccc([N+](=O)[O-])cc1)N(CC(OC(C)(C)C)c1ccccc1)C(=O)OC(C)(C)C. The Labute approximate surface area is 203 Å². The maximum atomic E-state index is 13.4. The van der Waals surface area contributed by atoms with Gasteiger partial charge in [-0.25, -0.2) is 4.79 Å². The molecule has 0 N–H and O–H groups in total. The lowest BCUT2D eigenvalue weighted by molar-refractivity contribution is -0.384. The topological polar surface area (TPSA) is 81.9 Å². The number of nitrogens with zero attached hydrogens (tertiary/aromatic N) is 2. The molecule has 34 heavy (non-hydrogen) atoms. The lowest BCUT2D eigenvalue weighted by Crippen LogP contribution is -2.47. The van der Waals surface area contributed by atoms with Gasteiger partial charge in [0.25, 0.3) is 5.69 Å². The van der Waals surface area contributed by atoms with E-state index >= 15 is 0 Å². The zero-order chi connectivity index (χ0) is 25.5. The molecule has 2 atom stereocenters. The van der Waals surface area contributed by atoms with Crippen molar-refractivity contribution >= 4 is 11.8 Å². The Bertz CT molecular complexity index is 930. The second kappa shape index (κ2) is 11.5. The van der Waals surface area contributed by atoms with Crippen LogP contribution >= 0.6 is 0 Å². The van der Waals surface area contributed by atoms with Crippen LogP contribution in [0.15, 0.2) is 54.6 Å². The summed E-state index contributed by atoms with van der Waals surface area (Å²) in [7, 11) is 0. The number of hydrogen-bond donors (Lipinski definition) is 0. The Morgan fingerprint density at radius 3 is 2.03 bits per heavy atom. The molecule has 0 heterocycles. The first-order valence-corrected chi connectivity index (χ1v) is 11.7. The molecule has 2 aromatic rings. The van der Waals surface area contributed by atoms with E-state index < -0.39 is 22.2 Å². The molecular formula is C27H38N2O5. The molecule has 0 aromatic heterocycles. The number of nitro groups is 1. The predicted octanol–water partition coefficient (Wildman–Crippen LogP) is 6.71. The molecule has 0 aliphatic heterocycles. The van der Waals surface area contributed by atoms with Gasteiger partial charge in [0.15, 0.2) is 0 Å². The highest BCUT2D eigenvalue weighted by molar-refractivity contribution is 5.68. The van der Waals surface area contributed by atoms with Crippen LogP contribution < -0.4 is 0 Å². The summed E-state index contributed by atoms with van der Waals surface area (Å²) in [6, 6.07) is 16.2. The Hall–Kier alpha value is -2.93. The smallest absolute Gasteiger partial charge is 0.410 e. The van der Waals surface area contributed by atoms with Gasteiger partial charge in [-0.3, -0.25) is 10.1 Å². The van der Waals surface area contributed by atoms with Crippen molar-refractivity contribution < 1.29 is 19.2 Å². The molecule has 0 aliphatic carbocycles. The molecule has 2 unspecified atom stereocenters. The average molecular weight is 471 g/mol. The minimum atomic E-state index is -0.645. The van der Waals surface area contributed by atoms with E-state index in [0.29, 0.717) is 19.4 Å². The zero-order valence-electron chi connectivity index (χ0n) is 21.4. The van der Waals surface area contributed by atoms with Gasteiger partial charge in [0, 0.05) is 18.2 Å². The van der Waals surface area contributed by atoms with E-state index in [0.717, 1.165) is 11.1 Å². The monoisotopic (exact) mass is 470 g/mol. The van der Waals surface area contributed by atoms with Gasteiger partial charge in [0.2, 0.25) is 0 Å². The predicted molar refractivity (Wildman–Crippen MR) is 134 cm³/mol. The first-order valence-electron chi connectivity index (χ1n) is 11.7. The summed E-state index contributed by atoms with van der Waals surface area (Å²) in [4.78, 5) is 25.7. The van der Waals surface area contributed by atoms with Gasteiger partial charge in [-0.2, -0.15) is 0 Å². The van der Waals surface area contributed by atoms with E-state index in [9.17, 15) is 14.9 Å². The van der Waals surface area contributed by atoms with E-state index in [1.165, 1.54) is 12.1 Å².